The molecule has 4 aliphatic carbocycles. The molecule has 75 heavy (non-hydrogen) atoms. The molecule has 3 aromatic rings. The minimum atomic E-state index is 0.0384. The average Bonchev–Trinajstić information content (AvgIpc) is 4.28. The van der Waals surface area contributed by atoms with Crippen LogP contribution >= 0.6 is 34.0 Å². The third-order valence-corrected chi connectivity index (χ3v) is 23.8. The molecule has 3 aromatic heterocycles. The average molecular weight is 1080 g/mol. The van der Waals surface area contributed by atoms with Crippen LogP contribution in [0.5, 0.6) is 0 Å². The number of fused-ring (bicyclic) bond motifs is 5. The van der Waals surface area contributed by atoms with Crippen LogP contribution in [0, 0.1) is 73.0 Å². The van der Waals surface area contributed by atoms with E-state index in [1.165, 1.54) is 260 Å². The summed E-state index contributed by atoms with van der Waals surface area (Å²) in [7, 11) is 0. The number of thiophene rings is 3. The summed E-state index contributed by atoms with van der Waals surface area (Å²) in [6, 6.07) is 13.9. The van der Waals surface area contributed by atoms with Gasteiger partial charge in [0, 0.05) is 41.1 Å². The molecule has 4 aliphatic rings. The zero-order valence-corrected chi connectivity index (χ0v) is 51.8. The van der Waals surface area contributed by atoms with Gasteiger partial charge >= 0.3 is 0 Å². The van der Waals surface area contributed by atoms with Gasteiger partial charge in [0.25, 0.3) is 0 Å². The molecule has 7 rings (SSSR count). The highest BCUT2D eigenvalue weighted by Gasteiger charge is 2.62. The van der Waals surface area contributed by atoms with Crippen LogP contribution in [0.2, 0.25) is 0 Å². The van der Waals surface area contributed by atoms with Gasteiger partial charge in [-0.3, -0.25) is 9.59 Å². The minimum Gasteiger partial charge on any atom is -0.299 e. The highest BCUT2D eigenvalue weighted by Crippen LogP contribution is 2.65. The van der Waals surface area contributed by atoms with Crippen LogP contribution in [0.15, 0.2) is 36.4 Å². The quantitative estimate of drug-likeness (QED) is 0.0534. The number of unbranched alkanes of at least 4 members (excludes halogenated alkanes) is 24. The smallest absolute Gasteiger partial charge is 0.144 e. The molecular formula is C70H112O2S3. The number of Topliss-reactive ketones (excluding diaryl/α,β-unsaturated/α-hetero) is 2. The molecule has 4 fully saturated rings. The van der Waals surface area contributed by atoms with Gasteiger partial charge < -0.3 is 0 Å². The predicted molar refractivity (Wildman–Crippen MR) is 330 cm³/mol. The molecule has 0 saturated heterocycles. The first-order valence-corrected chi connectivity index (χ1v) is 35.5. The van der Waals surface area contributed by atoms with Crippen LogP contribution in [0.3, 0.4) is 0 Å². The molecule has 0 aromatic carbocycles. The number of rotatable bonds is 39. The van der Waals surface area contributed by atoms with Crippen LogP contribution in [0.4, 0.5) is 0 Å². The maximum atomic E-state index is 15.7. The maximum absolute atomic E-state index is 15.7. The minimum absolute atomic E-state index is 0.0384. The molecule has 5 heteroatoms. The Labute approximate surface area is 474 Å². The summed E-state index contributed by atoms with van der Waals surface area (Å²) in [6.07, 6.45) is 50.9. The van der Waals surface area contributed by atoms with E-state index in [1.807, 2.05) is 34.0 Å². The molecule has 0 aliphatic heterocycles. The number of hydrogen-bond acceptors (Lipinski definition) is 5. The Balaban J connectivity index is 1.17. The fourth-order valence-electron chi connectivity index (χ4n) is 16.4. The van der Waals surface area contributed by atoms with E-state index in [4.69, 9.17) is 0 Å². The van der Waals surface area contributed by atoms with Crippen molar-refractivity contribution in [2.75, 3.05) is 0 Å². The topological polar surface area (TPSA) is 34.1 Å². The first kappa shape index (κ1) is 61.1. The molecule has 2 nitrogen and oxygen atoms in total. The second kappa shape index (κ2) is 33.3. The van der Waals surface area contributed by atoms with Gasteiger partial charge in [0.2, 0.25) is 0 Å². The number of hydrogen-bond donors (Lipinski definition) is 0. The van der Waals surface area contributed by atoms with Gasteiger partial charge in [-0.05, 0) is 136 Å². The van der Waals surface area contributed by atoms with E-state index in [-0.39, 0.29) is 23.7 Å². The van der Waals surface area contributed by atoms with Crippen molar-refractivity contribution < 1.29 is 9.59 Å². The molecule has 0 radical (unpaired) electrons. The van der Waals surface area contributed by atoms with Gasteiger partial charge in [-0.15, -0.1) is 34.0 Å². The van der Waals surface area contributed by atoms with Crippen molar-refractivity contribution in [1.82, 2.24) is 0 Å². The molecule has 4 saturated carbocycles. The third kappa shape index (κ3) is 18.0. The third-order valence-electron chi connectivity index (χ3n) is 20.3. The van der Waals surface area contributed by atoms with Crippen LogP contribution in [-0.2, 0) is 9.59 Å². The second-order valence-electron chi connectivity index (χ2n) is 26.0. The first-order valence-electron chi connectivity index (χ1n) is 33.0. The van der Waals surface area contributed by atoms with Crippen LogP contribution in [0.25, 0.3) is 9.75 Å². The van der Waals surface area contributed by atoms with Crippen molar-refractivity contribution in [2.24, 2.45) is 59.2 Å². The highest BCUT2D eigenvalue weighted by atomic mass is 32.1. The molecular weight excluding hydrogens is 969 g/mol. The molecule has 0 amide bonds. The Morgan fingerprint density at radius 2 is 0.693 bits per heavy atom. The Kier molecular flexibility index (Phi) is 27.1. The Morgan fingerprint density at radius 1 is 0.373 bits per heavy atom. The molecule has 12 unspecified atom stereocenters. The molecule has 3 heterocycles. The lowest BCUT2D eigenvalue weighted by molar-refractivity contribution is -0.135. The number of carbonyl (C=O) groups is 2. The fourth-order valence-corrected chi connectivity index (χ4v) is 19.5. The summed E-state index contributed by atoms with van der Waals surface area (Å²) < 4.78 is 0. The van der Waals surface area contributed by atoms with E-state index in [9.17, 15) is 0 Å². The molecule has 0 bridgehead atoms. The van der Waals surface area contributed by atoms with Crippen LogP contribution in [0.1, 0.15) is 303 Å². The fraction of sp³-hybridized carbons (Fsp3) is 0.800. The van der Waals surface area contributed by atoms with Crippen molar-refractivity contribution in [1.29, 1.82) is 0 Å². The van der Waals surface area contributed by atoms with Gasteiger partial charge in [0.15, 0.2) is 0 Å². The van der Waals surface area contributed by atoms with E-state index < -0.39 is 0 Å². The Hall–Kier alpha value is -1.56. The van der Waals surface area contributed by atoms with E-state index in [2.05, 4.69) is 77.9 Å². The molecule has 0 spiro atoms. The van der Waals surface area contributed by atoms with Gasteiger partial charge in [0.1, 0.15) is 11.6 Å². The van der Waals surface area contributed by atoms with E-state index in [0.717, 1.165) is 24.7 Å². The summed E-state index contributed by atoms with van der Waals surface area (Å²) >= 11 is 5.74. The Bertz CT molecular complexity index is 2040. The van der Waals surface area contributed by atoms with Crippen molar-refractivity contribution >= 4 is 45.6 Å². The number of ketones is 2. The zero-order chi connectivity index (χ0) is 52.8. The van der Waals surface area contributed by atoms with Crippen molar-refractivity contribution in [3.8, 4) is 9.75 Å². The summed E-state index contributed by atoms with van der Waals surface area (Å²) in [5, 5.41) is 0. The van der Waals surface area contributed by atoms with E-state index in [0.29, 0.717) is 47.1 Å². The monoisotopic (exact) mass is 1080 g/mol. The second-order valence-corrected chi connectivity index (χ2v) is 29.7. The lowest BCUT2D eigenvalue weighted by Gasteiger charge is -2.53. The van der Waals surface area contributed by atoms with Crippen LogP contribution in [-0.4, -0.2) is 11.6 Å². The van der Waals surface area contributed by atoms with Gasteiger partial charge in [-0.2, -0.15) is 0 Å². The lowest BCUT2D eigenvalue weighted by atomic mass is 9.50. The highest BCUT2D eigenvalue weighted by molar-refractivity contribution is 7.22. The number of aryl methyl sites for hydroxylation is 2. The van der Waals surface area contributed by atoms with Crippen molar-refractivity contribution in [3.05, 3.63) is 55.9 Å². The molecule has 12 atom stereocenters. The van der Waals surface area contributed by atoms with E-state index in [1.54, 1.807) is 0 Å². The molecule has 422 valence electrons. The Morgan fingerprint density at radius 3 is 1.05 bits per heavy atom. The summed E-state index contributed by atoms with van der Waals surface area (Å²) in [5.74, 6) is 6.23. The van der Waals surface area contributed by atoms with Gasteiger partial charge in [-0.25, -0.2) is 0 Å². The van der Waals surface area contributed by atoms with Crippen molar-refractivity contribution in [2.45, 2.75) is 297 Å². The largest absolute Gasteiger partial charge is 0.299 e. The lowest BCUT2D eigenvalue weighted by Crippen LogP contribution is -2.49. The van der Waals surface area contributed by atoms with Crippen LogP contribution < -0.4 is 0 Å². The number of carbonyl (C=O) groups excluding carboxylic acids is 2. The first-order chi connectivity index (χ1) is 36.7. The SMILES string of the molecule is CCCCCCCCCCC(CCCCCCCC)CC1CC2C(CC(CC(CCCCCCCC)CCCCCCCCCC)C3C(=O)C(c4ccc(-c5ccc(C)s5)s4)CC23)C2CC(c3ccc(C)s3)C(=O)C12. The molecule has 0 N–H and O–H groups in total. The summed E-state index contributed by atoms with van der Waals surface area (Å²) in [5.41, 5.74) is 0. The van der Waals surface area contributed by atoms with E-state index >= 15 is 9.59 Å². The summed E-state index contributed by atoms with van der Waals surface area (Å²) in [6.45, 7) is 13.8. The summed E-state index contributed by atoms with van der Waals surface area (Å²) in [4.78, 5) is 39.3. The zero-order valence-electron chi connectivity index (χ0n) is 49.3. The standard InChI is InChI=1S/C70H112O2S3/c1-7-11-15-19-23-25-29-33-37-53(35-31-27-21-17-13-9-3)45-55-47-58-57(59-49-61(69(71)67(55)59)63-41-39-51(5)73-63)48-56(46-54(36-32-28-22-18-14-10-4)38-34-30-26-24-20-16-12-8-2)68-60(58)50-62(70(68)72)64-43-44-66(75-64)65-42-40-52(6)74-65/h39-44,53-62,67-68H,7-38,45-50H2,1-6H3. The van der Waals surface area contributed by atoms with Crippen molar-refractivity contribution in [3.63, 3.8) is 0 Å². The van der Waals surface area contributed by atoms with Gasteiger partial charge in [-0.1, -0.05) is 233 Å². The predicted octanol–water partition coefficient (Wildman–Crippen LogP) is 23.3. The normalized spacial score (nSPS) is 26.2. The van der Waals surface area contributed by atoms with Gasteiger partial charge in [0.05, 0.1) is 11.8 Å². The maximum Gasteiger partial charge on any atom is 0.144 e.